The van der Waals surface area contributed by atoms with Crippen LogP contribution in [-0.2, 0) is 6.54 Å². The lowest BCUT2D eigenvalue weighted by atomic mass is 10.1. The minimum absolute atomic E-state index is 0.0898. The number of carbonyl (C=O) groups is 1. The second-order valence-corrected chi connectivity index (χ2v) is 5.38. The molecule has 0 atom stereocenters. The third kappa shape index (κ3) is 3.05. The fourth-order valence-electron chi connectivity index (χ4n) is 2.40. The molecule has 3 rings (SSSR count). The van der Waals surface area contributed by atoms with E-state index in [1.165, 1.54) is 6.07 Å². The van der Waals surface area contributed by atoms with Gasteiger partial charge < -0.3 is 10.6 Å². The Hall–Kier alpha value is -2.36. The molecule has 108 valence electrons. The Bertz CT molecular complexity index is 667. The first kappa shape index (κ1) is 13.6. The fraction of sp³-hybridized carbons (Fsp3) is 0.235. The molecule has 0 aromatic heterocycles. The van der Waals surface area contributed by atoms with Crippen molar-refractivity contribution in [3.05, 3.63) is 65.5 Å². The summed E-state index contributed by atoms with van der Waals surface area (Å²) in [5, 5.41) is 0. The van der Waals surface area contributed by atoms with Gasteiger partial charge in [0.1, 0.15) is 5.82 Å². The van der Waals surface area contributed by atoms with E-state index in [2.05, 4.69) is 0 Å². The average Bonchev–Trinajstić information content (AvgIpc) is 3.30. The van der Waals surface area contributed by atoms with E-state index in [0.29, 0.717) is 23.4 Å². The fourth-order valence-corrected chi connectivity index (χ4v) is 2.40. The number of nitrogens with zero attached hydrogens (tertiary/aromatic N) is 1. The van der Waals surface area contributed by atoms with E-state index < -0.39 is 0 Å². The Morgan fingerprint density at radius 2 is 1.95 bits per heavy atom. The van der Waals surface area contributed by atoms with Gasteiger partial charge in [0.25, 0.3) is 5.91 Å². The molecule has 2 N–H and O–H groups in total. The second-order valence-electron chi connectivity index (χ2n) is 5.38. The molecule has 0 heterocycles. The molecule has 1 saturated carbocycles. The van der Waals surface area contributed by atoms with Gasteiger partial charge in [-0.05, 0) is 37.1 Å². The summed E-state index contributed by atoms with van der Waals surface area (Å²) < 4.78 is 13.8. The number of amides is 1. The highest BCUT2D eigenvalue weighted by Gasteiger charge is 2.33. The Kier molecular flexibility index (Phi) is 3.60. The van der Waals surface area contributed by atoms with Gasteiger partial charge in [-0.1, -0.05) is 24.3 Å². The number of halogens is 1. The zero-order valence-corrected chi connectivity index (χ0v) is 11.6. The second kappa shape index (κ2) is 5.56. The van der Waals surface area contributed by atoms with E-state index in [9.17, 15) is 9.18 Å². The molecule has 3 nitrogen and oxygen atoms in total. The molecule has 1 aliphatic carbocycles. The van der Waals surface area contributed by atoms with Crippen LogP contribution in [0.1, 0.15) is 28.8 Å². The van der Waals surface area contributed by atoms with Crippen molar-refractivity contribution in [1.82, 2.24) is 4.90 Å². The third-order valence-electron chi connectivity index (χ3n) is 3.68. The quantitative estimate of drug-likeness (QED) is 0.876. The highest BCUT2D eigenvalue weighted by Crippen LogP contribution is 2.30. The van der Waals surface area contributed by atoms with Crippen molar-refractivity contribution in [2.24, 2.45) is 0 Å². The van der Waals surface area contributed by atoms with Gasteiger partial charge in [0.2, 0.25) is 0 Å². The normalized spacial score (nSPS) is 14.0. The van der Waals surface area contributed by atoms with Gasteiger partial charge in [0.05, 0.1) is 0 Å². The summed E-state index contributed by atoms with van der Waals surface area (Å²) in [5.74, 6) is -0.364. The Morgan fingerprint density at radius 3 is 2.62 bits per heavy atom. The number of rotatable bonds is 4. The van der Waals surface area contributed by atoms with Gasteiger partial charge in [-0.2, -0.15) is 0 Å². The van der Waals surface area contributed by atoms with E-state index >= 15 is 0 Å². The highest BCUT2D eigenvalue weighted by molar-refractivity contribution is 5.95. The largest absolute Gasteiger partial charge is 0.399 e. The molecular weight excluding hydrogens is 267 g/mol. The van der Waals surface area contributed by atoms with Crippen LogP contribution in [0.5, 0.6) is 0 Å². The van der Waals surface area contributed by atoms with Crippen molar-refractivity contribution in [3.8, 4) is 0 Å². The predicted molar refractivity (Wildman–Crippen MR) is 80.1 cm³/mol. The summed E-state index contributed by atoms with van der Waals surface area (Å²) in [4.78, 5) is 14.4. The zero-order valence-electron chi connectivity index (χ0n) is 11.6. The maximum atomic E-state index is 13.8. The van der Waals surface area contributed by atoms with Gasteiger partial charge in [0, 0.05) is 29.4 Å². The van der Waals surface area contributed by atoms with Crippen LogP contribution in [0.15, 0.2) is 48.5 Å². The standard InChI is InChI=1S/C17H17FN2O/c18-16-7-2-1-4-13(16)11-20(15-8-9-15)17(21)12-5-3-6-14(19)10-12/h1-7,10,15H,8-9,11,19H2. The molecular formula is C17H17FN2O. The lowest BCUT2D eigenvalue weighted by Gasteiger charge is -2.23. The smallest absolute Gasteiger partial charge is 0.254 e. The van der Waals surface area contributed by atoms with E-state index in [1.54, 1.807) is 47.4 Å². The summed E-state index contributed by atoms with van der Waals surface area (Å²) >= 11 is 0. The summed E-state index contributed by atoms with van der Waals surface area (Å²) in [6, 6.07) is 13.7. The predicted octanol–water partition coefficient (Wildman–Crippen LogP) is 3.21. The number of hydrogen-bond acceptors (Lipinski definition) is 2. The molecule has 0 saturated heterocycles. The van der Waals surface area contributed by atoms with Gasteiger partial charge >= 0.3 is 0 Å². The number of carbonyl (C=O) groups excluding carboxylic acids is 1. The molecule has 2 aromatic carbocycles. The van der Waals surface area contributed by atoms with E-state index in [4.69, 9.17) is 5.73 Å². The third-order valence-corrected chi connectivity index (χ3v) is 3.68. The van der Waals surface area contributed by atoms with Crippen LogP contribution < -0.4 is 5.73 Å². The molecule has 0 radical (unpaired) electrons. The molecule has 2 aromatic rings. The molecule has 0 bridgehead atoms. The van der Waals surface area contributed by atoms with E-state index in [1.807, 2.05) is 0 Å². The maximum absolute atomic E-state index is 13.8. The van der Waals surface area contributed by atoms with Crippen LogP contribution in [0.25, 0.3) is 0 Å². The van der Waals surface area contributed by atoms with Gasteiger partial charge in [0.15, 0.2) is 0 Å². The van der Waals surface area contributed by atoms with Crippen molar-refractivity contribution in [1.29, 1.82) is 0 Å². The first-order valence-electron chi connectivity index (χ1n) is 7.05. The minimum Gasteiger partial charge on any atom is -0.399 e. The van der Waals surface area contributed by atoms with Crippen LogP contribution >= 0.6 is 0 Å². The maximum Gasteiger partial charge on any atom is 0.254 e. The lowest BCUT2D eigenvalue weighted by Crippen LogP contribution is -2.33. The molecule has 1 amide bonds. The molecule has 0 spiro atoms. The van der Waals surface area contributed by atoms with Crippen molar-refractivity contribution < 1.29 is 9.18 Å². The number of anilines is 1. The van der Waals surface area contributed by atoms with Crippen LogP contribution in [0.4, 0.5) is 10.1 Å². The molecule has 1 fully saturated rings. The summed E-state index contributed by atoms with van der Waals surface area (Å²) in [6.07, 6.45) is 1.95. The topological polar surface area (TPSA) is 46.3 Å². The summed E-state index contributed by atoms with van der Waals surface area (Å²) in [6.45, 7) is 0.297. The van der Waals surface area contributed by atoms with E-state index in [0.717, 1.165) is 12.8 Å². The van der Waals surface area contributed by atoms with Crippen LogP contribution in [-0.4, -0.2) is 16.8 Å². The van der Waals surface area contributed by atoms with Crippen LogP contribution in [0.3, 0.4) is 0 Å². The van der Waals surface area contributed by atoms with Crippen LogP contribution in [0, 0.1) is 5.82 Å². The van der Waals surface area contributed by atoms with Gasteiger partial charge in [-0.15, -0.1) is 0 Å². The number of benzene rings is 2. The molecule has 0 aliphatic heterocycles. The lowest BCUT2D eigenvalue weighted by molar-refractivity contribution is 0.0728. The Balaban J connectivity index is 1.85. The summed E-state index contributed by atoms with van der Waals surface area (Å²) in [5.41, 5.74) is 7.39. The van der Waals surface area contributed by atoms with Crippen molar-refractivity contribution >= 4 is 11.6 Å². The first-order chi connectivity index (χ1) is 10.1. The van der Waals surface area contributed by atoms with Crippen molar-refractivity contribution in [3.63, 3.8) is 0 Å². The average molecular weight is 284 g/mol. The minimum atomic E-state index is -0.275. The molecule has 4 heteroatoms. The first-order valence-corrected chi connectivity index (χ1v) is 7.05. The van der Waals surface area contributed by atoms with Crippen LogP contribution in [0.2, 0.25) is 0 Å². The SMILES string of the molecule is Nc1cccc(C(=O)N(Cc2ccccc2F)C2CC2)c1. The van der Waals surface area contributed by atoms with Crippen molar-refractivity contribution in [2.45, 2.75) is 25.4 Å². The highest BCUT2D eigenvalue weighted by atomic mass is 19.1. The van der Waals surface area contributed by atoms with E-state index in [-0.39, 0.29) is 17.8 Å². The molecule has 1 aliphatic rings. The number of nitrogen functional groups attached to an aromatic ring is 1. The number of nitrogens with two attached hydrogens (primary N) is 1. The van der Waals surface area contributed by atoms with Gasteiger partial charge in [-0.3, -0.25) is 4.79 Å². The Labute approximate surface area is 123 Å². The van der Waals surface area contributed by atoms with Gasteiger partial charge in [-0.25, -0.2) is 4.39 Å². The van der Waals surface area contributed by atoms with Crippen molar-refractivity contribution in [2.75, 3.05) is 5.73 Å². The monoisotopic (exact) mass is 284 g/mol. The molecule has 21 heavy (non-hydrogen) atoms. The molecule has 0 unspecified atom stereocenters. The zero-order chi connectivity index (χ0) is 14.8. The number of hydrogen-bond donors (Lipinski definition) is 1. The summed E-state index contributed by atoms with van der Waals surface area (Å²) in [7, 11) is 0. The Morgan fingerprint density at radius 1 is 1.19 bits per heavy atom.